The Hall–Kier alpha value is -2.56. The van der Waals surface area contributed by atoms with Crippen LogP contribution in [0.15, 0.2) is 36.4 Å². The van der Waals surface area contributed by atoms with Crippen LogP contribution in [-0.2, 0) is 0 Å². The van der Waals surface area contributed by atoms with Crippen molar-refractivity contribution < 1.29 is 8.78 Å². The van der Waals surface area contributed by atoms with Gasteiger partial charge in [-0.15, -0.1) is 0 Å². The zero-order valence-corrected chi connectivity index (χ0v) is 14.1. The number of hydrogen-bond acceptors (Lipinski definition) is 3. The minimum Gasteiger partial charge on any atom is -0.355 e. The number of nitrogens with zero attached hydrogens (tertiary/aromatic N) is 3. The third-order valence-electron chi connectivity index (χ3n) is 4.17. The van der Waals surface area contributed by atoms with Crippen LogP contribution >= 0.6 is 0 Å². The largest absolute Gasteiger partial charge is 0.355 e. The van der Waals surface area contributed by atoms with Gasteiger partial charge in [0.1, 0.15) is 17.3 Å². The molecule has 0 amide bonds. The first-order valence-electron chi connectivity index (χ1n) is 7.84. The Balaban J connectivity index is 2.34. The molecule has 0 aliphatic carbocycles. The highest BCUT2D eigenvalue weighted by atomic mass is 19.1. The Morgan fingerprint density at radius 2 is 1.79 bits per heavy atom. The van der Waals surface area contributed by atoms with E-state index in [0.717, 1.165) is 17.1 Å². The molecule has 2 aromatic carbocycles. The lowest BCUT2D eigenvalue weighted by molar-refractivity contribution is 0.585. The maximum atomic E-state index is 14.3. The zero-order valence-electron chi connectivity index (χ0n) is 14.1. The van der Waals surface area contributed by atoms with Crippen molar-refractivity contribution in [2.75, 3.05) is 11.9 Å². The fourth-order valence-electron chi connectivity index (χ4n) is 2.56. The Kier molecular flexibility index (Phi) is 4.18. The van der Waals surface area contributed by atoms with Crippen molar-refractivity contribution in [1.82, 2.24) is 9.97 Å². The summed E-state index contributed by atoms with van der Waals surface area (Å²) in [6.07, 6.45) is 0. The predicted molar refractivity (Wildman–Crippen MR) is 93.2 cm³/mol. The van der Waals surface area contributed by atoms with E-state index < -0.39 is 11.6 Å². The quantitative estimate of drug-likeness (QED) is 0.696. The van der Waals surface area contributed by atoms with Crippen molar-refractivity contribution in [3.8, 4) is 11.3 Å². The van der Waals surface area contributed by atoms with Gasteiger partial charge in [-0.05, 0) is 44.5 Å². The van der Waals surface area contributed by atoms with Crippen molar-refractivity contribution in [3.05, 3.63) is 53.6 Å². The minimum atomic E-state index is -0.644. The number of rotatable bonds is 3. The van der Waals surface area contributed by atoms with E-state index >= 15 is 0 Å². The lowest BCUT2D eigenvalue weighted by atomic mass is 10.1. The second-order valence-electron chi connectivity index (χ2n) is 6.17. The first-order valence-corrected chi connectivity index (χ1v) is 7.84. The van der Waals surface area contributed by atoms with Crippen LogP contribution in [0, 0.1) is 18.6 Å². The zero-order chi connectivity index (χ0) is 17.4. The molecular weight excluding hydrogens is 308 g/mol. The Labute approximate surface area is 140 Å². The summed E-state index contributed by atoms with van der Waals surface area (Å²) in [7, 11) is 1.89. The highest BCUT2D eigenvalue weighted by molar-refractivity contribution is 5.85. The molecule has 3 rings (SSSR count). The van der Waals surface area contributed by atoms with Crippen molar-refractivity contribution in [2.24, 2.45) is 0 Å². The molecule has 0 N–H and O–H groups in total. The van der Waals surface area contributed by atoms with Crippen molar-refractivity contribution in [1.29, 1.82) is 0 Å². The van der Waals surface area contributed by atoms with Gasteiger partial charge in [0.05, 0.1) is 11.0 Å². The van der Waals surface area contributed by atoms with E-state index in [4.69, 9.17) is 4.98 Å². The highest BCUT2D eigenvalue weighted by Gasteiger charge is 2.20. The fraction of sp³-hybridized carbons (Fsp3) is 0.263. The number of hydrogen-bond donors (Lipinski definition) is 0. The summed E-state index contributed by atoms with van der Waals surface area (Å²) in [5, 5.41) is 0. The molecule has 3 aromatic rings. The highest BCUT2D eigenvalue weighted by Crippen LogP contribution is 2.32. The van der Waals surface area contributed by atoms with Gasteiger partial charge in [0, 0.05) is 24.7 Å². The standard InChI is InChI=1S/C19H19F2N3/c1-11(2)24(4)19-18(14-9-8-13(20)10-15(14)21)22-16-7-5-6-12(3)17(16)23-19/h5-11H,1-4H3. The minimum absolute atomic E-state index is 0.156. The number of halogens is 2. The molecule has 5 heteroatoms. The van der Waals surface area contributed by atoms with E-state index in [9.17, 15) is 8.78 Å². The fourth-order valence-corrected chi connectivity index (χ4v) is 2.56. The summed E-state index contributed by atoms with van der Waals surface area (Å²) in [6.45, 7) is 6.01. The lowest BCUT2D eigenvalue weighted by Crippen LogP contribution is -2.27. The molecule has 0 saturated heterocycles. The van der Waals surface area contributed by atoms with Gasteiger partial charge in [0.2, 0.25) is 0 Å². The molecular formula is C19H19F2N3. The van der Waals surface area contributed by atoms with Gasteiger partial charge >= 0.3 is 0 Å². The summed E-state index contributed by atoms with van der Waals surface area (Å²) < 4.78 is 27.6. The van der Waals surface area contributed by atoms with Crippen LogP contribution in [-0.4, -0.2) is 23.1 Å². The summed E-state index contributed by atoms with van der Waals surface area (Å²) >= 11 is 0. The summed E-state index contributed by atoms with van der Waals surface area (Å²) in [5.41, 5.74) is 3.14. The first-order chi connectivity index (χ1) is 11.4. The van der Waals surface area contributed by atoms with E-state index in [0.29, 0.717) is 17.0 Å². The molecule has 124 valence electrons. The Bertz CT molecular complexity index is 906. The molecule has 0 atom stereocenters. The average Bonchev–Trinajstić information content (AvgIpc) is 2.53. The lowest BCUT2D eigenvalue weighted by Gasteiger charge is -2.25. The first kappa shape index (κ1) is 16.3. The second-order valence-corrected chi connectivity index (χ2v) is 6.17. The molecule has 0 unspecified atom stereocenters. The predicted octanol–water partition coefficient (Wildman–Crippen LogP) is 4.73. The van der Waals surface area contributed by atoms with E-state index in [1.54, 1.807) is 0 Å². The summed E-state index contributed by atoms with van der Waals surface area (Å²) in [6, 6.07) is 9.38. The molecule has 24 heavy (non-hydrogen) atoms. The van der Waals surface area contributed by atoms with E-state index in [-0.39, 0.29) is 11.6 Å². The van der Waals surface area contributed by atoms with Crippen molar-refractivity contribution in [3.63, 3.8) is 0 Å². The SMILES string of the molecule is Cc1cccc2nc(-c3ccc(F)cc3F)c(N(C)C(C)C)nc12. The van der Waals surface area contributed by atoms with Crippen LogP contribution in [0.4, 0.5) is 14.6 Å². The summed E-state index contributed by atoms with van der Waals surface area (Å²) in [5.74, 6) is -0.674. The number of aromatic nitrogens is 2. The third-order valence-corrected chi connectivity index (χ3v) is 4.17. The Morgan fingerprint density at radius 3 is 2.46 bits per heavy atom. The molecule has 3 nitrogen and oxygen atoms in total. The molecule has 0 spiro atoms. The molecule has 0 aliphatic heterocycles. The van der Waals surface area contributed by atoms with E-state index in [2.05, 4.69) is 4.98 Å². The van der Waals surface area contributed by atoms with Crippen LogP contribution in [0.2, 0.25) is 0 Å². The van der Waals surface area contributed by atoms with Crippen LogP contribution in [0.25, 0.3) is 22.3 Å². The number of fused-ring (bicyclic) bond motifs is 1. The van der Waals surface area contributed by atoms with E-state index in [1.807, 2.05) is 50.9 Å². The number of aryl methyl sites for hydroxylation is 1. The normalized spacial score (nSPS) is 11.3. The van der Waals surface area contributed by atoms with Gasteiger partial charge in [-0.1, -0.05) is 12.1 Å². The Morgan fingerprint density at radius 1 is 1.04 bits per heavy atom. The molecule has 1 aromatic heterocycles. The number of benzene rings is 2. The smallest absolute Gasteiger partial charge is 0.156 e. The molecule has 0 saturated carbocycles. The topological polar surface area (TPSA) is 29.0 Å². The van der Waals surface area contributed by atoms with Gasteiger partial charge in [-0.25, -0.2) is 18.7 Å². The summed E-state index contributed by atoms with van der Waals surface area (Å²) in [4.78, 5) is 11.3. The monoisotopic (exact) mass is 327 g/mol. The molecule has 0 aliphatic rings. The maximum absolute atomic E-state index is 14.3. The van der Waals surface area contributed by atoms with E-state index in [1.165, 1.54) is 12.1 Å². The third kappa shape index (κ3) is 2.82. The van der Waals surface area contributed by atoms with Gasteiger partial charge in [0.15, 0.2) is 5.82 Å². The van der Waals surface area contributed by atoms with Gasteiger partial charge in [-0.2, -0.15) is 0 Å². The second kappa shape index (κ2) is 6.15. The van der Waals surface area contributed by atoms with Crippen LogP contribution in [0.5, 0.6) is 0 Å². The molecule has 1 heterocycles. The van der Waals surface area contributed by atoms with Crippen molar-refractivity contribution in [2.45, 2.75) is 26.8 Å². The maximum Gasteiger partial charge on any atom is 0.156 e. The number of anilines is 1. The van der Waals surface area contributed by atoms with Crippen molar-refractivity contribution >= 4 is 16.9 Å². The van der Waals surface area contributed by atoms with Crippen LogP contribution in [0.1, 0.15) is 19.4 Å². The van der Waals surface area contributed by atoms with Crippen LogP contribution in [0.3, 0.4) is 0 Å². The average molecular weight is 327 g/mol. The molecule has 0 fully saturated rings. The molecule has 0 radical (unpaired) electrons. The molecule has 0 bridgehead atoms. The van der Waals surface area contributed by atoms with Gasteiger partial charge in [0.25, 0.3) is 0 Å². The number of para-hydroxylation sites is 1. The van der Waals surface area contributed by atoms with Gasteiger partial charge < -0.3 is 4.90 Å². The van der Waals surface area contributed by atoms with Gasteiger partial charge in [-0.3, -0.25) is 0 Å². The van der Waals surface area contributed by atoms with Crippen LogP contribution < -0.4 is 4.90 Å².